The molecule has 0 atom stereocenters. The number of ether oxygens (including phenoxy) is 1. The summed E-state index contributed by atoms with van der Waals surface area (Å²) >= 11 is 7.48. The number of carbonyl (C=O) groups excluding carboxylic acids is 1. The van der Waals surface area contributed by atoms with Crippen LogP contribution >= 0.6 is 23.4 Å². The van der Waals surface area contributed by atoms with Crippen molar-refractivity contribution in [1.29, 1.82) is 0 Å². The Morgan fingerprint density at radius 2 is 1.70 bits per heavy atom. The lowest BCUT2D eigenvalue weighted by Gasteiger charge is -2.17. The molecule has 23 heavy (non-hydrogen) atoms. The first-order valence-electron chi connectivity index (χ1n) is 7.27. The Bertz CT molecular complexity index is 628. The number of carbonyl (C=O) groups is 1. The van der Waals surface area contributed by atoms with Gasteiger partial charge in [0.1, 0.15) is 5.75 Å². The van der Waals surface area contributed by atoms with Crippen molar-refractivity contribution in [2.45, 2.75) is 12.3 Å². The molecule has 0 saturated carbocycles. The maximum atomic E-state index is 12.2. The Hall–Kier alpha value is -1.65. The molecule has 0 unspecified atom stereocenters. The molecular formula is C18H20ClNO2S. The van der Waals surface area contributed by atoms with Crippen LogP contribution in [-0.2, 0) is 17.1 Å². The van der Waals surface area contributed by atoms with Gasteiger partial charge in [-0.3, -0.25) is 4.79 Å². The zero-order valence-corrected chi connectivity index (χ0v) is 14.9. The van der Waals surface area contributed by atoms with Crippen LogP contribution in [-0.4, -0.2) is 30.7 Å². The van der Waals surface area contributed by atoms with Crippen molar-refractivity contribution in [2.24, 2.45) is 0 Å². The number of nitrogens with zero attached hydrogens (tertiary/aromatic N) is 1. The first kappa shape index (κ1) is 17.7. The molecule has 2 rings (SSSR count). The lowest BCUT2D eigenvalue weighted by atomic mass is 10.2. The van der Waals surface area contributed by atoms with Crippen LogP contribution in [0.15, 0.2) is 48.5 Å². The van der Waals surface area contributed by atoms with Gasteiger partial charge in [0, 0.05) is 24.4 Å². The molecule has 0 bridgehead atoms. The summed E-state index contributed by atoms with van der Waals surface area (Å²) in [5.74, 6) is 2.25. The maximum Gasteiger partial charge on any atom is 0.232 e. The average molecular weight is 350 g/mol. The minimum atomic E-state index is 0.124. The highest BCUT2D eigenvalue weighted by Crippen LogP contribution is 2.17. The van der Waals surface area contributed by atoms with Gasteiger partial charge in [-0.25, -0.2) is 0 Å². The second-order valence-electron chi connectivity index (χ2n) is 5.22. The van der Waals surface area contributed by atoms with Gasteiger partial charge in [-0.2, -0.15) is 0 Å². The largest absolute Gasteiger partial charge is 0.497 e. The molecule has 0 saturated heterocycles. The van der Waals surface area contributed by atoms with E-state index in [9.17, 15) is 4.79 Å². The Labute approximate surface area is 146 Å². The number of hydrogen-bond acceptors (Lipinski definition) is 3. The Balaban J connectivity index is 1.75. The fraction of sp³-hybridized carbons (Fsp3) is 0.278. The van der Waals surface area contributed by atoms with Gasteiger partial charge < -0.3 is 9.64 Å². The quantitative estimate of drug-likeness (QED) is 0.748. The molecule has 0 aliphatic rings. The molecule has 0 aliphatic carbocycles. The molecule has 2 aromatic carbocycles. The minimum Gasteiger partial charge on any atom is -0.497 e. The molecule has 0 heterocycles. The third kappa shape index (κ3) is 5.81. The van der Waals surface area contributed by atoms with Crippen molar-refractivity contribution in [3.05, 3.63) is 64.7 Å². The summed E-state index contributed by atoms with van der Waals surface area (Å²) in [6, 6.07) is 15.5. The van der Waals surface area contributed by atoms with Crippen molar-refractivity contribution in [1.82, 2.24) is 4.90 Å². The molecule has 0 N–H and O–H groups in total. The Kier molecular flexibility index (Phi) is 6.81. The van der Waals surface area contributed by atoms with Crippen LogP contribution in [0.2, 0.25) is 5.02 Å². The van der Waals surface area contributed by atoms with Crippen molar-refractivity contribution < 1.29 is 9.53 Å². The molecule has 3 nitrogen and oxygen atoms in total. The third-order valence-corrected chi connectivity index (χ3v) is 4.65. The van der Waals surface area contributed by atoms with Crippen LogP contribution in [0.4, 0.5) is 0 Å². The SMILES string of the molecule is COc1ccc(CSCC(=O)N(C)Cc2ccc(Cl)cc2)cc1. The van der Waals surface area contributed by atoms with Crippen LogP contribution in [0.25, 0.3) is 0 Å². The Morgan fingerprint density at radius 1 is 1.09 bits per heavy atom. The molecule has 1 amide bonds. The summed E-state index contributed by atoms with van der Waals surface area (Å²) in [4.78, 5) is 13.9. The van der Waals surface area contributed by atoms with E-state index in [1.165, 1.54) is 5.56 Å². The lowest BCUT2D eigenvalue weighted by Crippen LogP contribution is -2.27. The van der Waals surface area contributed by atoms with E-state index in [1.807, 2.05) is 55.6 Å². The summed E-state index contributed by atoms with van der Waals surface area (Å²) < 4.78 is 5.13. The standard InChI is InChI=1S/C18H20ClNO2S/c1-20(11-14-3-7-16(19)8-4-14)18(21)13-23-12-15-5-9-17(22-2)10-6-15/h3-10H,11-13H2,1-2H3. The third-order valence-electron chi connectivity index (χ3n) is 3.41. The van der Waals surface area contributed by atoms with E-state index in [4.69, 9.17) is 16.3 Å². The number of amides is 1. The maximum absolute atomic E-state index is 12.2. The molecule has 0 radical (unpaired) electrons. The average Bonchev–Trinajstić information content (AvgIpc) is 2.57. The van der Waals surface area contributed by atoms with E-state index in [0.29, 0.717) is 17.3 Å². The number of methoxy groups -OCH3 is 1. The smallest absolute Gasteiger partial charge is 0.232 e. The summed E-state index contributed by atoms with van der Waals surface area (Å²) in [6.45, 7) is 0.596. The van der Waals surface area contributed by atoms with E-state index < -0.39 is 0 Å². The number of halogens is 1. The predicted octanol–water partition coefficient (Wildman–Crippen LogP) is 4.24. The van der Waals surface area contributed by atoms with Crippen LogP contribution in [0, 0.1) is 0 Å². The molecule has 5 heteroatoms. The van der Waals surface area contributed by atoms with Gasteiger partial charge in [0.25, 0.3) is 0 Å². The van der Waals surface area contributed by atoms with Crippen molar-refractivity contribution in [3.8, 4) is 5.75 Å². The van der Waals surface area contributed by atoms with Gasteiger partial charge in [0.05, 0.1) is 12.9 Å². The van der Waals surface area contributed by atoms with E-state index in [2.05, 4.69) is 0 Å². The number of benzene rings is 2. The first-order chi connectivity index (χ1) is 11.1. The summed E-state index contributed by atoms with van der Waals surface area (Å²) in [5.41, 5.74) is 2.26. The van der Waals surface area contributed by atoms with Crippen LogP contribution in [0.1, 0.15) is 11.1 Å². The van der Waals surface area contributed by atoms with E-state index in [-0.39, 0.29) is 5.91 Å². The normalized spacial score (nSPS) is 10.4. The van der Waals surface area contributed by atoms with Gasteiger partial charge in [-0.05, 0) is 35.4 Å². The molecule has 122 valence electrons. The highest BCUT2D eigenvalue weighted by atomic mass is 35.5. The van der Waals surface area contributed by atoms with E-state index in [1.54, 1.807) is 23.8 Å². The van der Waals surface area contributed by atoms with Crippen molar-refractivity contribution in [3.63, 3.8) is 0 Å². The zero-order chi connectivity index (χ0) is 16.7. The monoisotopic (exact) mass is 349 g/mol. The van der Waals surface area contributed by atoms with Crippen molar-refractivity contribution in [2.75, 3.05) is 19.9 Å². The molecule has 0 spiro atoms. The fourth-order valence-corrected chi connectivity index (χ4v) is 3.09. The fourth-order valence-electron chi connectivity index (χ4n) is 2.04. The molecule has 0 fully saturated rings. The van der Waals surface area contributed by atoms with Gasteiger partial charge in [-0.1, -0.05) is 35.9 Å². The van der Waals surface area contributed by atoms with E-state index in [0.717, 1.165) is 17.1 Å². The molecular weight excluding hydrogens is 330 g/mol. The van der Waals surface area contributed by atoms with Crippen LogP contribution in [0.3, 0.4) is 0 Å². The topological polar surface area (TPSA) is 29.5 Å². The second-order valence-corrected chi connectivity index (χ2v) is 6.64. The Morgan fingerprint density at radius 3 is 2.30 bits per heavy atom. The highest BCUT2D eigenvalue weighted by Gasteiger charge is 2.09. The first-order valence-corrected chi connectivity index (χ1v) is 8.81. The minimum absolute atomic E-state index is 0.124. The van der Waals surface area contributed by atoms with Gasteiger partial charge in [-0.15, -0.1) is 11.8 Å². The number of rotatable bonds is 7. The van der Waals surface area contributed by atoms with Gasteiger partial charge in [0.15, 0.2) is 0 Å². The van der Waals surface area contributed by atoms with Crippen molar-refractivity contribution >= 4 is 29.3 Å². The van der Waals surface area contributed by atoms with Gasteiger partial charge >= 0.3 is 0 Å². The molecule has 2 aromatic rings. The predicted molar refractivity (Wildman–Crippen MR) is 97.1 cm³/mol. The summed E-state index contributed by atoms with van der Waals surface area (Å²) in [6.07, 6.45) is 0. The lowest BCUT2D eigenvalue weighted by molar-refractivity contribution is -0.127. The second kappa shape index (κ2) is 8.85. The van der Waals surface area contributed by atoms with Gasteiger partial charge in [0.2, 0.25) is 5.91 Å². The van der Waals surface area contributed by atoms with E-state index >= 15 is 0 Å². The van der Waals surface area contributed by atoms with Crippen LogP contribution in [0.5, 0.6) is 5.75 Å². The molecule has 0 aromatic heterocycles. The number of thioether (sulfide) groups is 1. The molecule has 0 aliphatic heterocycles. The summed E-state index contributed by atoms with van der Waals surface area (Å²) in [5, 5.41) is 0.706. The van der Waals surface area contributed by atoms with Crippen LogP contribution < -0.4 is 4.74 Å². The zero-order valence-electron chi connectivity index (χ0n) is 13.3. The number of hydrogen-bond donors (Lipinski definition) is 0. The highest BCUT2D eigenvalue weighted by molar-refractivity contribution is 7.99. The summed E-state index contributed by atoms with van der Waals surface area (Å²) in [7, 11) is 3.48.